The lowest BCUT2D eigenvalue weighted by molar-refractivity contribution is 0.0564. The highest BCUT2D eigenvalue weighted by Gasteiger charge is 2.32. The molecule has 1 aromatic carbocycles. The molecule has 13 nitrogen and oxygen atoms in total. The molecule has 2 aliphatic heterocycles. The summed E-state index contributed by atoms with van der Waals surface area (Å²) in [4.78, 5) is 49.2. The summed E-state index contributed by atoms with van der Waals surface area (Å²) in [5, 5.41) is 6.80. The van der Waals surface area contributed by atoms with Crippen LogP contribution in [0.15, 0.2) is 30.6 Å². The van der Waals surface area contributed by atoms with Crippen LogP contribution in [0.1, 0.15) is 54.0 Å². The van der Waals surface area contributed by atoms with Gasteiger partial charge in [-0.3, -0.25) is 15.5 Å². The Bertz CT molecular complexity index is 1660. The van der Waals surface area contributed by atoms with Crippen molar-refractivity contribution in [1.82, 2.24) is 9.97 Å². The molecule has 2 atom stereocenters. The Hall–Kier alpha value is -4.65. The van der Waals surface area contributed by atoms with Crippen molar-refractivity contribution in [1.29, 1.82) is 0 Å². The monoisotopic (exact) mass is 635 g/mol. The molecule has 46 heavy (non-hydrogen) atoms. The van der Waals surface area contributed by atoms with Gasteiger partial charge in [-0.1, -0.05) is 6.92 Å². The van der Waals surface area contributed by atoms with E-state index in [4.69, 9.17) is 23.7 Å². The molecule has 0 aliphatic carbocycles. The Morgan fingerprint density at radius 3 is 2.35 bits per heavy atom. The van der Waals surface area contributed by atoms with Crippen LogP contribution in [-0.4, -0.2) is 71.9 Å². The van der Waals surface area contributed by atoms with Gasteiger partial charge >= 0.3 is 18.3 Å². The number of nitrogens with zero attached hydrogens (tertiary/aromatic N) is 3. The van der Waals surface area contributed by atoms with E-state index in [0.29, 0.717) is 58.9 Å². The molecule has 1 saturated heterocycles. The molecule has 3 aromatic rings. The zero-order valence-electron chi connectivity index (χ0n) is 27.5. The van der Waals surface area contributed by atoms with Crippen LogP contribution in [0.25, 0.3) is 21.9 Å². The van der Waals surface area contributed by atoms with Gasteiger partial charge in [0, 0.05) is 29.3 Å². The molecule has 0 bridgehead atoms. The number of nitrogens with one attached hydrogen (secondary N) is 2. The van der Waals surface area contributed by atoms with Gasteiger partial charge in [-0.2, -0.15) is 0 Å². The Morgan fingerprint density at radius 1 is 0.935 bits per heavy atom. The second-order valence-electron chi connectivity index (χ2n) is 13.5. The highest BCUT2D eigenvalue weighted by Crippen LogP contribution is 2.41. The third-order valence-electron chi connectivity index (χ3n) is 7.28. The summed E-state index contributed by atoms with van der Waals surface area (Å²) in [5.74, 6) is 0.668. The van der Waals surface area contributed by atoms with Gasteiger partial charge in [0.1, 0.15) is 35.4 Å². The molecule has 3 amide bonds. The minimum absolute atomic E-state index is 0.0875. The molecule has 246 valence electrons. The highest BCUT2D eigenvalue weighted by molar-refractivity contribution is 6.04. The molecule has 1 fully saturated rings. The largest absolute Gasteiger partial charge is 0.474 e. The summed E-state index contributed by atoms with van der Waals surface area (Å²) >= 11 is 0. The topological polar surface area (TPSA) is 150 Å². The second kappa shape index (κ2) is 12.6. The molecule has 0 radical (unpaired) electrons. The maximum atomic E-state index is 13.2. The fourth-order valence-corrected chi connectivity index (χ4v) is 5.19. The van der Waals surface area contributed by atoms with Crippen molar-refractivity contribution in [2.75, 3.05) is 41.9 Å². The van der Waals surface area contributed by atoms with E-state index < -0.39 is 29.5 Å². The molecule has 0 unspecified atom stereocenters. The van der Waals surface area contributed by atoms with E-state index in [2.05, 4.69) is 20.6 Å². The Balaban J connectivity index is 1.55. The summed E-state index contributed by atoms with van der Waals surface area (Å²) in [7, 11) is 0. The Labute approximate surface area is 267 Å². The van der Waals surface area contributed by atoms with Crippen molar-refractivity contribution in [3.63, 3.8) is 0 Å². The average Bonchev–Trinajstić information content (AvgIpc) is 3.34. The van der Waals surface area contributed by atoms with E-state index in [1.807, 2.05) is 40.7 Å². The van der Waals surface area contributed by atoms with Crippen LogP contribution in [0, 0.1) is 12.8 Å². The van der Waals surface area contributed by atoms with Crippen LogP contribution in [-0.2, 0) is 18.9 Å². The van der Waals surface area contributed by atoms with Crippen LogP contribution >= 0.6 is 0 Å². The van der Waals surface area contributed by atoms with Crippen LogP contribution < -0.4 is 20.3 Å². The SMILES string of the molecule is Cc1c(-c2cc(NC(=O)OC(C)(C)C)c3cnc(NC(=O)O[C@H]4COC[C@@H]4C)cc3c2)cnc2c1N(C(=O)OC(C)(C)C)CCO2. The Kier molecular flexibility index (Phi) is 8.98. The van der Waals surface area contributed by atoms with Crippen molar-refractivity contribution < 1.29 is 38.1 Å². The number of carbonyl (C=O) groups excluding carboxylic acids is 3. The number of rotatable bonds is 4. The van der Waals surface area contributed by atoms with Crippen molar-refractivity contribution in [2.45, 2.75) is 72.7 Å². The van der Waals surface area contributed by atoms with Crippen LogP contribution in [0.5, 0.6) is 5.88 Å². The number of carbonyl (C=O) groups is 3. The second-order valence-corrected chi connectivity index (χ2v) is 13.5. The quantitative estimate of drug-likeness (QED) is 0.298. The zero-order valence-corrected chi connectivity index (χ0v) is 27.5. The van der Waals surface area contributed by atoms with Gasteiger partial charge in [0.25, 0.3) is 0 Å². The number of hydrogen-bond acceptors (Lipinski definition) is 10. The highest BCUT2D eigenvalue weighted by atomic mass is 16.6. The van der Waals surface area contributed by atoms with E-state index in [1.54, 1.807) is 45.3 Å². The molecule has 2 N–H and O–H groups in total. The van der Waals surface area contributed by atoms with Crippen molar-refractivity contribution in [3.8, 4) is 17.0 Å². The maximum Gasteiger partial charge on any atom is 0.415 e. The number of aromatic nitrogens is 2. The van der Waals surface area contributed by atoms with Gasteiger partial charge < -0.3 is 23.7 Å². The molecular weight excluding hydrogens is 594 g/mol. The first-order chi connectivity index (χ1) is 21.6. The number of hydrogen-bond donors (Lipinski definition) is 2. The number of pyridine rings is 2. The fourth-order valence-electron chi connectivity index (χ4n) is 5.19. The lowest BCUT2D eigenvalue weighted by Gasteiger charge is -2.32. The molecule has 2 aliphatic rings. The standard InChI is InChI=1S/C33H41N5O8/c1-18-16-42-17-25(18)44-29(39)37-26-13-21-11-20(12-24(23(21)15-34-26)36-30(40)45-32(3,4)5)22-14-35-28-27(19(22)2)38(9-10-43-28)31(41)46-33(6,7)8/h11-15,18,25H,9-10,16-17H2,1-8H3,(H,36,40)(H,34,37,39)/t18-,25-/m0/s1. The van der Waals surface area contributed by atoms with Gasteiger partial charge in [-0.05, 0) is 83.2 Å². The first-order valence-electron chi connectivity index (χ1n) is 15.2. The summed E-state index contributed by atoms with van der Waals surface area (Å²) < 4.78 is 27.9. The summed E-state index contributed by atoms with van der Waals surface area (Å²) in [6.07, 6.45) is 1.08. The summed E-state index contributed by atoms with van der Waals surface area (Å²) in [5.41, 5.74) is 1.61. The third-order valence-corrected chi connectivity index (χ3v) is 7.28. The summed E-state index contributed by atoms with van der Waals surface area (Å²) in [6.45, 7) is 16.0. The van der Waals surface area contributed by atoms with Gasteiger partial charge in [-0.25, -0.2) is 24.4 Å². The number of ether oxygens (including phenoxy) is 5. The van der Waals surface area contributed by atoms with E-state index in [9.17, 15) is 14.4 Å². The lowest BCUT2D eigenvalue weighted by atomic mass is 9.97. The van der Waals surface area contributed by atoms with Crippen molar-refractivity contribution in [3.05, 3.63) is 36.2 Å². The predicted octanol–water partition coefficient (Wildman–Crippen LogP) is 6.67. The molecule has 0 spiro atoms. The first-order valence-corrected chi connectivity index (χ1v) is 15.2. The third kappa shape index (κ3) is 7.58. The van der Waals surface area contributed by atoms with Gasteiger partial charge in [0.2, 0.25) is 5.88 Å². The molecular formula is C33H41N5O8. The fraction of sp³-hybridized carbons (Fsp3) is 0.485. The molecule has 4 heterocycles. The number of amides is 3. The minimum atomic E-state index is -0.723. The van der Waals surface area contributed by atoms with Crippen molar-refractivity contribution in [2.24, 2.45) is 5.92 Å². The number of benzene rings is 1. The average molecular weight is 636 g/mol. The van der Waals surface area contributed by atoms with Gasteiger partial charge in [0.05, 0.1) is 25.4 Å². The number of anilines is 3. The minimum Gasteiger partial charge on any atom is -0.474 e. The lowest BCUT2D eigenvalue weighted by Crippen LogP contribution is -2.42. The number of fused-ring (bicyclic) bond motifs is 2. The molecule has 2 aromatic heterocycles. The predicted molar refractivity (Wildman–Crippen MR) is 173 cm³/mol. The molecule has 5 rings (SSSR count). The first kappa shape index (κ1) is 32.7. The van der Waals surface area contributed by atoms with Crippen LogP contribution in [0.2, 0.25) is 0 Å². The normalized spacial score (nSPS) is 18.0. The molecule has 0 saturated carbocycles. The van der Waals surface area contributed by atoms with E-state index >= 15 is 0 Å². The maximum absolute atomic E-state index is 13.2. The van der Waals surface area contributed by atoms with Crippen molar-refractivity contribution >= 4 is 46.2 Å². The van der Waals surface area contributed by atoms with Gasteiger partial charge in [0.15, 0.2) is 0 Å². The molecule has 13 heteroatoms. The van der Waals surface area contributed by atoms with E-state index in [1.165, 1.54) is 4.90 Å². The van der Waals surface area contributed by atoms with Crippen LogP contribution in [0.4, 0.5) is 31.6 Å². The van der Waals surface area contributed by atoms with E-state index in [-0.39, 0.29) is 24.4 Å². The summed E-state index contributed by atoms with van der Waals surface area (Å²) in [6, 6.07) is 5.36. The van der Waals surface area contributed by atoms with Crippen LogP contribution in [0.3, 0.4) is 0 Å². The Morgan fingerprint density at radius 2 is 1.67 bits per heavy atom. The smallest absolute Gasteiger partial charge is 0.415 e. The van der Waals surface area contributed by atoms with E-state index in [0.717, 1.165) is 5.56 Å². The van der Waals surface area contributed by atoms with Gasteiger partial charge in [-0.15, -0.1) is 0 Å². The zero-order chi connectivity index (χ0) is 33.4.